The van der Waals surface area contributed by atoms with Gasteiger partial charge in [-0.1, -0.05) is 12.1 Å². The van der Waals surface area contributed by atoms with E-state index < -0.39 is 10.0 Å². The second kappa shape index (κ2) is 6.97. The van der Waals surface area contributed by atoms with Gasteiger partial charge < -0.3 is 4.74 Å². The molecule has 4 nitrogen and oxygen atoms in total. The van der Waals surface area contributed by atoms with E-state index in [0.29, 0.717) is 18.8 Å². The summed E-state index contributed by atoms with van der Waals surface area (Å²) in [4.78, 5) is 0. The van der Waals surface area contributed by atoms with Crippen LogP contribution in [0.5, 0.6) is 5.75 Å². The van der Waals surface area contributed by atoms with Crippen LogP contribution in [-0.4, -0.2) is 38.5 Å². The number of nitrogens with zero attached hydrogens (tertiary/aromatic N) is 1. The topological polar surface area (TPSA) is 46.6 Å². The van der Waals surface area contributed by atoms with Crippen LogP contribution in [0, 0.1) is 0 Å². The SMILES string of the molecule is COc1ccc(CN(C)S(=O)(=O)CCCCl)cc1. The molecular weight excluding hydrogens is 274 g/mol. The number of sulfonamides is 1. The van der Waals surface area contributed by atoms with Crippen molar-refractivity contribution in [2.45, 2.75) is 13.0 Å². The van der Waals surface area contributed by atoms with Crippen molar-refractivity contribution in [2.75, 3.05) is 25.8 Å². The number of benzene rings is 1. The van der Waals surface area contributed by atoms with Gasteiger partial charge in [0.2, 0.25) is 10.0 Å². The zero-order chi connectivity index (χ0) is 13.6. The lowest BCUT2D eigenvalue weighted by atomic mass is 10.2. The van der Waals surface area contributed by atoms with Gasteiger partial charge in [-0.2, -0.15) is 0 Å². The van der Waals surface area contributed by atoms with Gasteiger partial charge in [-0.3, -0.25) is 0 Å². The van der Waals surface area contributed by atoms with Crippen molar-refractivity contribution in [1.29, 1.82) is 0 Å². The van der Waals surface area contributed by atoms with E-state index in [1.54, 1.807) is 14.2 Å². The molecule has 0 fully saturated rings. The van der Waals surface area contributed by atoms with Gasteiger partial charge in [-0.25, -0.2) is 12.7 Å². The number of rotatable bonds is 7. The number of halogens is 1. The van der Waals surface area contributed by atoms with Crippen molar-refractivity contribution < 1.29 is 13.2 Å². The Bertz CT molecular complexity index is 459. The fraction of sp³-hybridized carbons (Fsp3) is 0.500. The van der Waals surface area contributed by atoms with E-state index in [2.05, 4.69) is 0 Å². The molecule has 6 heteroatoms. The lowest BCUT2D eigenvalue weighted by Crippen LogP contribution is -2.28. The molecule has 102 valence electrons. The maximum absolute atomic E-state index is 11.9. The van der Waals surface area contributed by atoms with Gasteiger partial charge in [0.15, 0.2) is 0 Å². The van der Waals surface area contributed by atoms with Gasteiger partial charge in [0.25, 0.3) is 0 Å². The third-order valence-electron chi connectivity index (χ3n) is 2.58. The van der Waals surface area contributed by atoms with Crippen LogP contribution < -0.4 is 4.74 Å². The highest BCUT2D eigenvalue weighted by atomic mass is 35.5. The summed E-state index contributed by atoms with van der Waals surface area (Å²) in [5, 5.41) is 0. The first-order valence-electron chi connectivity index (χ1n) is 5.62. The lowest BCUT2D eigenvalue weighted by molar-refractivity contribution is 0.414. The minimum Gasteiger partial charge on any atom is -0.497 e. The van der Waals surface area contributed by atoms with Crippen LogP contribution in [0.2, 0.25) is 0 Å². The molecule has 0 aliphatic heterocycles. The van der Waals surface area contributed by atoms with E-state index in [4.69, 9.17) is 16.3 Å². The quantitative estimate of drug-likeness (QED) is 0.723. The predicted octanol–water partition coefficient (Wildman–Crippen LogP) is 2.09. The molecule has 0 spiro atoms. The molecule has 0 saturated heterocycles. The number of methoxy groups -OCH3 is 1. The Balaban J connectivity index is 2.65. The van der Waals surface area contributed by atoms with Crippen molar-refractivity contribution >= 4 is 21.6 Å². The fourth-order valence-corrected chi connectivity index (χ4v) is 2.94. The Hall–Kier alpha value is -0.780. The molecule has 0 aliphatic carbocycles. The van der Waals surface area contributed by atoms with Gasteiger partial charge in [-0.05, 0) is 24.1 Å². The summed E-state index contributed by atoms with van der Waals surface area (Å²) >= 11 is 5.51. The third-order valence-corrected chi connectivity index (χ3v) is 4.73. The molecule has 0 aromatic heterocycles. The largest absolute Gasteiger partial charge is 0.497 e. The van der Waals surface area contributed by atoms with E-state index >= 15 is 0 Å². The molecule has 0 radical (unpaired) electrons. The van der Waals surface area contributed by atoms with Crippen LogP contribution in [0.15, 0.2) is 24.3 Å². The van der Waals surface area contributed by atoms with E-state index in [0.717, 1.165) is 11.3 Å². The fourth-order valence-electron chi connectivity index (χ4n) is 1.48. The summed E-state index contributed by atoms with van der Waals surface area (Å²) in [5.41, 5.74) is 0.924. The van der Waals surface area contributed by atoms with Gasteiger partial charge in [0, 0.05) is 19.5 Å². The molecule has 0 saturated carbocycles. The minimum absolute atomic E-state index is 0.0865. The second-order valence-corrected chi connectivity index (χ2v) is 6.54. The summed E-state index contributed by atoms with van der Waals surface area (Å²) in [5.74, 6) is 1.20. The average molecular weight is 292 g/mol. The predicted molar refractivity (Wildman–Crippen MR) is 73.6 cm³/mol. The number of ether oxygens (including phenoxy) is 1. The van der Waals surface area contributed by atoms with Gasteiger partial charge in [0.1, 0.15) is 5.75 Å². The van der Waals surface area contributed by atoms with E-state index in [9.17, 15) is 8.42 Å². The van der Waals surface area contributed by atoms with E-state index in [1.807, 2.05) is 24.3 Å². The Morgan fingerprint density at radius 1 is 1.28 bits per heavy atom. The summed E-state index contributed by atoms with van der Waals surface area (Å²) in [6.07, 6.45) is 0.469. The van der Waals surface area contributed by atoms with E-state index in [-0.39, 0.29) is 5.75 Å². The number of hydrogen-bond acceptors (Lipinski definition) is 3. The van der Waals surface area contributed by atoms with Gasteiger partial charge >= 0.3 is 0 Å². The Kier molecular flexibility index (Phi) is 5.91. The van der Waals surface area contributed by atoms with Crippen LogP contribution >= 0.6 is 11.6 Å². The normalized spacial score (nSPS) is 11.8. The lowest BCUT2D eigenvalue weighted by Gasteiger charge is -2.17. The molecule has 1 rings (SSSR count). The first-order chi connectivity index (χ1) is 8.49. The van der Waals surface area contributed by atoms with Crippen molar-refractivity contribution in [3.05, 3.63) is 29.8 Å². The average Bonchev–Trinajstić information content (AvgIpc) is 2.37. The van der Waals surface area contributed by atoms with Crippen molar-refractivity contribution in [2.24, 2.45) is 0 Å². The molecule has 0 N–H and O–H groups in total. The molecule has 1 aromatic carbocycles. The highest BCUT2D eigenvalue weighted by Crippen LogP contribution is 2.14. The summed E-state index contributed by atoms with van der Waals surface area (Å²) in [6, 6.07) is 7.34. The monoisotopic (exact) mass is 291 g/mol. The van der Waals surface area contributed by atoms with Gasteiger partial charge in [0.05, 0.1) is 12.9 Å². The van der Waals surface area contributed by atoms with Crippen molar-refractivity contribution in [3.63, 3.8) is 0 Å². The Labute approximate surface area is 114 Å². The van der Waals surface area contributed by atoms with Crippen LogP contribution in [0.4, 0.5) is 0 Å². The minimum atomic E-state index is -3.22. The molecular formula is C12H18ClNO3S. The summed E-state index contributed by atoms with van der Waals surface area (Å²) < 4.78 is 30.1. The molecule has 0 heterocycles. The Morgan fingerprint density at radius 2 is 1.89 bits per heavy atom. The van der Waals surface area contributed by atoms with Crippen molar-refractivity contribution in [1.82, 2.24) is 4.31 Å². The van der Waals surface area contributed by atoms with Crippen LogP contribution in [0.1, 0.15) is 12.0 Å². The zero-order valence-electron chi connectivity index (χ0n) is 10.6. The maximum Gasteiger partial charge on any atom is 0.214 e. The molecule has 18 heavy (non-hydrogen) atoms. The number of hydrogen-bond donors (Lipinski definition) is 0. The molecule has 0 amide bonds. The summed E-state index contributed by atoms with van der Waals surface area (Å²) in [6.45, 7) is 0.356. The highest BCUT2D eigenvalue weighted by molar-refractivity contribution is 7.89. The van der Waals surface area contributed by atoms with E-state index in [1.165, 1.54) is 4.31 Å². The molecule has 1 aromatic rings. The standard InChI is InChI=1S/C12H18ClNO3S/c1-14(18(15,16)9-3-8-13)10-11-4-6-12(17-2)7-5-11/h4-7H,3,8-10H2,1-2H3. The first-order valence-corrected chi connectivity index (χ1v) is 7.77. The third kappa shape index (κ3) is 4.48. The molecule has 0 atom stereocenters. The maximum atomic E-state index is 11.9. The van der Waals surface area contributed by atoms with Crippen LogP contribution in [0.3, 0.4) is 0 Å². The smallest absolute Gasteiger partial charge is 0.214 e. The van der Waals surface area contributed by atoms with Crippen LogP contribution in [0.25, 0.3) is 0 Å². The van der Waals surface area contributed by atoms with Crippen molar-refractivity contribution in [3.8, 4) is 5.75 Å². The number of alkyl halides is 1. The van der Waals surface area contributed by atoms with Crippen LogP contribution in [-0.2, 0) is 16.6 Å². The Morgan fingerprint density at radius 3 is 2.39 bits per heavy atom. The first kappa shape index (κ1) is 15.3. The molecule has 0 bridgehead atoms. The molecule has 0 aliphatic rings. The van der Waals surface area contributed by atoms with Gasteiger partial charge in [-0.15, -0.1) is 11.6 Å². The highest BCUT2D eigenvalue weighted by Gasteiger charge is 2.17. The zero-order valence-corrected chi connectivity index (χ0v) is 12.2. The summed E-state index contributed by atoms with van der Waals surface area (Å²) in [7, 11) is -0.0465. The second-order valence-electron chi connectivity index (χ2n) is 3.96. The molecule has 0 unspecified atom stereocenters.